The topological polar surface area (TPSA) is 57.3 Å². The average Bonchev–Trinajstić information content (AvgIpc) is 2.75. The number of benzene rings is 2. The molecule has 1 saturated carbocycles. The van der Waals surface area contributed by atoms with Crippen molar-refractivity contribution in [3.8, 4) is 0 Å². The van der Waals surface area contributed by atoms with Gasteiger partial charge in [0, 0.05) is 52.5 Å². The Balaban J connectivity index is 1.37. The van der Waals surface area contributed by atoms with Crippen LogP contribution in [-0.4, -0.2) is 37.1 Å². The summed E-state index contributed by atoms with van der Waals surface area (Å²) in [6, 6.07) is 18.7. The smallest absolute Gasteiger partial charge is 0.251 e. The molecule has 3 aromatic rings. The molecule has 1 aromatic heterocycles. The van der Waals surface area contributed by atoms with E-state index in [1.54, 1.807) is 0 Å². The third-order valence-electron chi connectivity index (χ3n) is 5.70. The van der Waals surface area contributed by atoms with E-state index in [-0.39, 0.29) is 11.9 Å². The predicted octanol–water partition coefficient (Wildman–Crippen LogP) is 5.06. The van der Waals surface area contributed by atoms with Crippen LogP contribution in [0.4, 0.5) is 11.5 Å². The highest BCUT2D eigenvalue weighted by atomic mass is 127. The zero-order valence-electron chi connectivity index (χ0n) is 17.4. The van der Waals surface area contributed by atoms with Gasteiger partial charge in [0.15, 0.2) is 0 Å². The lowest BCUT2D eigenvalue weighted by molar-refractivity contribution is 0.0926. The molecule has 1 amide bonds. The SMILES string of the molecule is CN(C)c1cc(N[C@H]2CC[C@@H](NC(=O)c3ccc(I)cc3)CC2)nc2ccccc12. The van der Waals surface area contributed by atoms with Crippen LogP contribution in [0, 0.1) is 3.57 Å². The van der Waals surface area contributed by atoms with Crippen LogP contribution in [0.5, 0.6) is 0 Å². The van der Waals surface area contributed by atoms with Crippen molar-refractivity contribution < 1.29 is 4.79 Å². The number of fused-ring (bicyclic) bond motifs is 1. The number of rotatable bonds is 5. The van der Waals surface area contributed by atoms with Crippen molar-refractivity contribution in [2.45, 2.75) is 37.8 Å². The van der Waals surface area contributed by atoms with Crippen molar-refractivity contribution in [1.29, 1.82) is 0 Å². The van der Waals surface area contributed by atoms with Crippen LogP contribution in [0.2, 0.25) is 0 Å². The number of halogens is 1. The zero-order valence-corrected chi connectivity index (χ0v) is 19.5. The first kappa shape index (κ1) is 20.9. The number of amides is 1. The lowest BCUT2D eigenvalue weighted by Crippen LogP contribution is -2.40. The van der Waals surface area contributed by atoms with Crippen LogP contribution < -0.4 is 15.5 Å². The second-order valence-corrected chi connectivity index (χ2v) is 9.36. The molecule has 0 spiro atoms. The Labute approximate surface area is 191 Å². The highest BCUT2D eigenvalue weighted by molar-refractivity contribution is 14.1. The number of carbonyl (C=O) groups is 1. The van der Waals surface area contributed by atoms with E-state index >= 15 is 0 Å². The van der Waals surface area contributed by atoms with Gasteiger partial charge in [-0.1, -0.05) is 18.2 Å². The number of para-hydroxylation sites is 1. The number of pyridine rings is 1. The summed E-state index contributed by atoms with van der Waals surface area (Å²) in [5, 5.41) is 7.99. The maximum atomic E-state index is 12.5. The van der Waals surface area contributed by atoms with Gasteiger partial charge in [0.25, 0.3) is 5.91 Å². The fourth-order valence-electron chi connectivity index (χ4n) is 4.06. The van der Waals surface area contributed by atoms with Gasteiger partial charge in [-0.3, -0.25) is 4.79 Å². The number of aromatic nitrogens is 1. The van der Waals surface area contributed by atoms with Gasteiger partial charge < -0.3 is 15.5 Å². The van der Waals surface area contributed by atoms with Gasteiger partial charge in [0.2, 0.25) is 0 Å². The first-order valence-corrected chi connectivity index (χ1v) is 11.5. The summed E-state index contributed by atoms with van der Waals surface area (Å²) in [6.07, 6.45) is 3.98. The minimum Gasteiger partial charge on any atom is -0.377 e. The minimum atomic E-state index is 0.0228. The molecule has 0 unspecified atom stereocenters. The molecule has 5 nitrogen and oxygen atoms in total. The molecule has 30 heavy (non-hydrogen) atoms. The molecule has 6 heteroatoms. The fourth-order valence-corrected chi connectivity index (χ4v) is 4.42. The van der Waals surface area contributed by atoms with E-state index in [4.69, 9.17) is 4.98 Å². The van der Waals surface area contributed by atoms with Crippen molar-refractivity contribution in [3.05, 3.63) is 63.7 Å². The van der Waals surface area contributed by atoms with Gasteiger partial charge in [-0.15, -0.1) is 0 Å². The normalized spacial score (nSPS) is 18.8. The summed E-state index contributed by atoms with van der Waals surface area (Å²) in [4.78, 5) is 19.4. The second kappa shape index (κ2) is 9.20. The Bertz CT molecular complexity index is 1030. The molecule has 0 aliphatic heterocycles. The standard InChI is InChI=1S/C24H27IN4O/c1-29(2)22-15-23(28-21-6-4-3-5-20(21)22)26-18-11-13-19(14-12-18)27-24(30)16-7-9-17(25)10-8-16/h3-10,15,18-19H,11-14H2,1-2H3,(H,26,28)(H,27,30)/t18-,19+. The summed E-state index contributed by atoms with van der Waals surface area (Å²) in [6.45, 7) is 0. The Morgan fingerprint density at radius 2 is 1.67 bits per heavy atom. The van der Waals surface area contributed by atoms with E-state index in [9.17, 15) is 4.79 Å². The van der Waals surface area contributed by atoms with Gasteiger partial charge in [0.1, 0.15) is 5.82 Å². The minimum absolute atomic E-state index is 0.0228. The molecule has 0 saturated heterocycles. The Hall–Kier alpha value is -2.35. The molecule has 2 N–H and O–H groups in total. The summed E-state index contributed by atoms with van der Waals surface area (Å²) < 4.78 is 1.13. The molecule has 0 radical (unpaired) electrons. The maximum absolute atomic E-state index is 12.5. The first-order valence-electron chi connectivity index (χ1n) is 10.4. The summed E-state index contributed by atoms with van der Waals surface area (Å²) in [7, 11) is 4.13. The van der Waals surface area contributed by atoms with Crippen molar-refractivity contribution in [2.24, 2.45) is 0 Å². The van der Waals surface area contributed by atoms with Crippen LogP contribution in [0.15, 0.2) is 54.6 Å². The van der Waals surface area contributed by atoms with E-state index in [1.165, 1.54) is 5.69 Å². The molecule has 1 heterocycles. The van der Waals surface area contributed by atoms with Crippen molar-refractivity contribution in [2.75, 3.05) is 24.3 Å². The molecule has 1 aliphatic rings. The Kier molecular flexibility index (Phi) is 6.41. The van der Waals surface area contributed by atoms with Crippen molar-refractivity contribution in [3.63, 3.8) is 0 Å². The Morgan fingerprint density at radius 3 is 2.37 bits per heavy atom. The lowest BCUT2D eigenvalue weighted by Gasteiger charge is -2.30. The number of hydrogen-bond acceptors (Lipinski definition) is 4. The Morgan fingerprint density at radius 1 is 1.00 bits per heavy atom. The molecular weight excluding hydrogens is 487 g/mol. The highest BCUT2D eigenvalue weighted by Gasteiger charge is 2.23. The average molecular weight is 514 g/mol. The number of carbonyl (C=O) groups excluding carboxylic acids is 1. The van der Waals surface area contributed by atoms with E-state index in [0.717, 1.165) is 51.5 Å². The number of anilines is 2. The molecule has 0 bridgehead atoms. The largest absolute Gasteiger partial charge is 0.377 e. The van der Waals surface area contributed by atoms with Crippen LogP contribution in [-0.2, 0) is 0 Å². The maximum Gasteiger partial charge on any atom is 0.251 e. The van der Waals surface area contributed by atoms with Crippen LogP contribution >= 0.6 is 22.6 Å². The highest BCUT2D eigenvalue weighted by Crippen LogP contribution is 2.29. The van der Waals surface area contributed by atoms with Crippen molar-refractivity contribution in [1.82, 2.24) is 10.3 Å². The van der Waals surface area contributed by atoms with E-state index < -0.39 is 0 Å². The zero-order chi connectivity index (χ0) is 21.1. The monoisotopic (exact) mass is 514 g/mol. The number of nitrogens with one attached hydrogen (secondary N) is 2. The molecule has 4 rings (SSSR count). The fraction of sp³-hybridized carbons (Fsp3) is 0.333. The third kappa shape index (κ3) is 4.86. The number of nitrogens with zero attached hydrogens (tertiary/aromatic N) is 2. The van der Waals surface area contributed by atoms with E-state index in [0.29, 0.717) is 6.04 Å². The van der Waals surface area contributed by atoms with Gasteiger partial charge in [-0.2, -0.15) is 0 Å². The van der Waals surface area contributed by atoms with E-state index in [1.807, 2.05) is 30.3 Å². The number of hydrogen-bond donors (Lipinski definition) is 2. The summed E-state index contributed by atoms with van der Waals surface area (Å²) in [5.74, 6) is 0.943. The first-order chi connectivity index (χ1) is 14.5. The second-order valence-electron chi connectivity index (χ2n) is 8.11. The summed E-state index contributed by atoms with van der Waals surface area (Å²) in [5.41, 5.74) is 2.90. The van der Waals surface area contributed by atoms with E-state index in [2.05, 4.69) is 76.5 Å². The van der Waals surface area contributed by atoms with Gasteiger partial charge in [0.05, 0.1) is 5.52 Å². The molecule has 1 aliphatic carbocycles. The molecule has 156 valence electrons. The molecule has 0 atom stereocenters. The van der Waals surface area contributed by atoms with Gasteiger partial charge in [-0.05, 0) is 78.6 Å². The van der Waals surface area contributed by atoms with Gasteiger partial charge >= 0.3 is 0 Å². The van der Waals surface area contributed by atoms with Crippen LogP contribution in [0.1, 0.15) is 36.0 Å². The van der Waals surface area contributed by atoms with Gasteiger partial charge in [-0.25, -0.2) is 4.98 Å². The predicted molar refractivity (Wildman–Crippen MR) is 132 cm³/mol. The molecular formula is C24H27IN4O. The molecule has 2 aromatic carbocycles. The lowest BCUT2D eigenvalue weighted by atomic mass is 9.91. The summed E-state index contributed by atoms with van der Waals surface area (Å²) >= 11 is 2.25. The quantitative estimate of drug-likeness (QED) is 0.468. The molecule has 1 fully saturated rings. The third-order valence-corrected chi connectivity index (χ3v) is 6.42. The van der Waals surface area contributed by atoms with Crippen LogP contribution in [0.3, 0.4) is 0 Å². The van der Waals surface area contributed by atoms with Crippen LogP contribution in [0.25, 0.3) is 10.9 Å². The van der Waals surface area contributed by atoms with Crippen molar-refractivity contribution >= 4 is 50.9 Å².